The van der Waals surface area contributed by atoms with Crippen LogP contribution in [0, 0.1) is 29.1 Å². The van der Waals surface area contributed by atoms with Gasteiger partial charge >= 0.3 is 0 Å². The molecule has 1 spiro atoms. The van der Waals surface area contributed by atoms with E-state index in [0.29, 0.717) is 29.7 Å². The number of carbonyl (C=O) groups is 2. The van der Waals surface area contributed by atoms with E-state index in [1.165, 1.54) is 37.7 Å². The molecule has 5 fully saturated rings. The van der Waals surface area contributed by atoms with Crippen LogP contribution in [-0.2, 0) is 19.1 Å². The molecule has 258 valence electrons. The summed E-state index contributed by atoms with van der Waals surface area (Å²) < 4.78 is 11.7. The van der Waals surface area contributed by atoms with Gasteiger partial charge in [-0.15, -0.1) is 0 Å². The maximum absolute atomic E-state index is 15.8. The highest BCUT2D eigenvalue weighted by Gasteiger charge is 2.64. The van der Waals surface area contributed by atoms with Gasteiger partial charge in [0.25, 0.3) is 0 Å². The molecule has 1 N–H and O–H groups in total. The Balaban J connectivity index is 1.31. The van der Waals surface area contributed by atoms with Gasteiger partial charge in [0.2, 0.25) is 11.8 Å². The van der Waals surface area contributed by atoms with Crippen molar-refractivity contribution < 1.29 is 24.2 Å². The smallest absolute Gasteiger partial charge is 0.250 e. The zero-order valence-corrected chi connectivity index (χ0v) is 28.6. The van der Waals surface area contributed by atoms with Crippen molar-refractivity contribution in [3.05, 3.63) is 11.1 Å². The molecule has 3 aliphatic heterocycles. The van der Waals surface area contributed by atoms with Gasteiger partial charge in [0, 0.05) is 64.0 Å². The van der Waals surface area contributed by atoms with Crippen molar-refractivity contribution in [2.45, 2.75) is 127 Å². The largest absolute Gasteiger partial charge is 0.396 e. The summed E-state index contributed by atoms with van der Waals surface area (Å²) in [5.41, 5.74) is 1.65. The molecule has 7 rings (SSSR count). The molecule has 6 atom stereocenters. The number of amides is 2. The number of likely N-dealkylation sites (tertiary alicyclic amines) is 1. The lowest BCUT2D eigenvalue weighted by molar-refractivity contribution is -0.168. The van der Waals surface area contributed by atoms with E-state index in [0.717, 1.165) is 129 Å². The van der Waals surface area contributed by atoms with Gasteiger partial charge in [-0.05, 0) is 107 Å². The molecule has 2 amide bonds. The van der Waals surface area contributed by atoms with Crippen molar-refractivity contribution in [1.82, 2.24) is 14.7 Å². The topological polar surface area (TPSA) is 82.5 Å². The van der Waals surface area contributed by atoms with E-state index in [1.54, 1.807) is 0 Å². The Kier molecular flexibility index (Phi) is 10.5. The van der Waals surface area contributed by atoms with Crippen molar-refractivity contribution >= 4 is 11.8 Å². The number of nitrogens with zero attached hydrogens (tertiary/aromatic N) is 3. The molecule has 7 aliphatic rings. The third-order valence-corrected chi connectivity index (χ3v) is 13.8. The minimum atomic E-state index is -0.610. The molecular weight excluding hydrogens is 578 g/mol. The minimum Gasteiger partial charge on any atom is -0.396 e. The number of hydrogen-bond donors (Lipinski definition) is 1. The number of ether oxygens (including phenoxy) is 2. The number of carbonyl (C=O) groups excluding carboxylic acids is 2. The first-order valence-electron chi connectivity index (χ1n) is 19.3. The van der Waals surface area contributed by atoms with Crippen LogP contribution >= 0.6 is 0 Å². The summed E-state index contributed by atoms with van der Waals surface area (Å²) in [7, 11) is 1.85. The van der Waals surface area contributed by atoms with Crippen LogP contribution in [0.3, 0.4) is 0 Å². The predicted molar refractivity (Wildman–Crippen MR) is 178 cm³/mol. The van der Waals surface area contributed by atoms with E-state index in [9.17, 15) is 9.90 Å². The van der Waals surface area contributed by atoms with Crippen molar-refractivity contribution in [3.8, 4) is 0 Å². The molecule has 0 aromatic carbocycles. The van der Waals surface area contributed by atoms with E-state index in [4.69, 9.17) is 9.47 Å². The molecule has 8 heteroatoms. The fourth-order valence-corrected chi connectivity index (χ4v) is 11.4. The highest BCUT2D eigenvalue weighted by atomic mass is 16.5. The quantitative estimate of drug-likeness (QED) is 0.394. The fourth-order valence-electron chi connectivity index (χ4n) is 11.4. The Labute approximate surface area is 277 Å². The molecule has 46 heavy (non-hydrogen) atoms. The maximum Gasteiger partial charge on any atom is 0.250 e. The highest BCUT2D eigenvalue weighted by Crippen LogP contribution is 2.59. The summed E-state index contributed by atoms with van der Waals surface area (Å²) in [5.74, 6) is 2.05. The number of hydrogen-bond acceptors (Lipinski definition) is 6. The Morgan fingerprint density at radius 2 is 1.57 bits per heavy atom. The lowest BCUT2D eigenvalue weighted by Gasteiger charge is -2.61. The SMILES string of the molecule is COC1CCCCC1CN1C(=O)C2=C(CCCC2)[C@@]2(CC3CCCCC3N(CCN3CCOCC3)C2=O)[C@@H]1C1CCC(CO)CC1. The second-order valence-corrected chi connectivity index (χ2v) is 16.1. The molecule has 0 bridgehead atoms. The van der Waals surface area contributed by atoms with E-state index in [2.05, 4.69) is 14.7 Å². The summed E-state index contributed by atoms with van der Waals surface area (Å²) >= 11 is 0. The van der Waals surface area contributed by atoms with Gasteiger partial charge in [-0.3, -0.25) is 14.5 Å². The molecule has 0 radical (unpaired) electrons. The minimum absolute atomic E-state index is 0.0859. The lowest BCUT2D eigenvalue weighted by atomic mass is 9.53. The number of aliphatic hydroxyl groups is 1. The molecule has 3 heterocycles. The fraction of sp³-hybridized carbons (Fsp3) is 0.895. The summed E-state index contributed by atoms with van der Waals surface area (Å²) in [5, 5.41) is 10.1. The lowest BCUT2D eigenvalue weighted by Crippen LogP contribution is -2.70. The Hall–Kier alpha value is -1.48. The van der Waals surface area contributed by atoms with Crippen LogP contribution in [0.2, 0.25) is 0 Å². The summed E-state index contributed by atoms with van der Waals surface area (Å²) in [6.07, 6.45) is 18.3. The number of aliphatic hydroxyl groups excluding tert-OH is 1. The summed E-state index contributed by atoms with van der Waals surface area (Å²) in [4.78, 5) is 37.8. The van der Waals surface area contributed by atoms with Crippen LogP contribution < -0.4 is 0 Å². The second kappa shape index (κ2) is 14.6. The second-order valence-electron chi connectivity index (χ2n) is 16.1. The van der Waals surface area contributed by atoms with Gasteiger partial charge in [-0.2, -0.15) is 0 Å². The molecular formula is C38H61N3O5. The first-order valence-corrected chi connectivity index (χ1v) is 19.3. The Morgan fingerprint density at radius 3 is 2.35 bits per heavy atom. The first-order chi connectivity index (χ1) is 22.5. The maximum atomic E-state index is 15.8. The number of rotatable bonds is 8. The van der Waals surface area contributed by atoms with Crippen LogP contribution in [0.4, 0.5) is 0 Å². The van der Waals surface area contributed by atoms with Crippen LogP contribution in [0.1, 0.15) is 109 Å². The number of morpholine rings is 1. The Morgan fingerprint density at radius 1 is 0.826 bits per heavy atom. The van der Waals surface area contributed by atoms with Crippen LogP contribution in [0.5, 0.6) is 0 Å². The van der Waals surface area contributed by atoms with E-state index < -0.39 is 5.41 Å². The molecule has 3 saturated carbocycles. The average Bonchev–Trinajstić information content (AvgIpc) is 3.11. The zero-order chi connectivity index (χ0) is 31.7. The van der Waals surface area contributed by atoms with Gasteiger partial charge in [-0.25, -0.2) is 0 Å². The molecule has 0 aromatic heterocycles. The van der Waals surface area contributed by atoms with Gasteiger partial charge < -0.3 is 24.4 Å². The van der Waals surface area contributed by atoms with E-state index in [-0.39, 0.29) is 30.6 Å². The predicted octanol–water partition coefficient (Wildman–Crippen LogP) is 5.18. The summed E-state index contributed by atoms with van der Waals surface area (Å²) in [6, 6.07) is 0.241. The normalized spacial score (nSPS) is 39.5. The van der Waals surface area contributed by atoms with Crippen molar-refractivity contribution in [2.24, 2.45) is 29.1 Å². The highest BCUT2D eigenvalue weighted by molar-refractivity contribution is 6.01. The molecule has 4 unspecified atom stereocenters. The van der Waals surface area contributed by atoms with Crippen molar-refractivity contribution in [2.75, 3.05) is 59.7 Å². The van der Waals surface area contributed by atoms with Crippen LogP contribution in [0.25, 0.3) is 0 Å². The molecule has 2 saturated heterocycles. The van der Waals surface area contributed by atoms with Crippen LogP contribution in [-0.4, -0.2) is 109 Å². The molecule has 8 nitrogen and oxygen atoms in total. The Bertz CT molecular complexity index is 1110. The number of fused-ring (bicyclic) bond motifs is 2. The van der Waals surface area contributed by atoms with Crippen LogP contribution in [0.15, 0.2) is 11.1 Å². The van der Waals surface area contributed by atoms with Crippen molar-refractivity contribution in [3.63, 3.8) is 0 Å². The standard InChI is InChI=1S/C38H61N3O5/c1-45-34-13-7-3-9-30(34)25-41-35(28-16-14-27(26-42)15-17-28)38(32-11-5-4-10-31(32)36(41)43)24-29-8-2-6-12-33(29)40(37(38)44)19-18-39-20-22-46-23-21-39/h27-30,33-35,42H,2-26H2,1H3/t27?,28?,29?,30?,33?,34?,35-,38-/m0/s1. The van der Waals surface area contributed by atoms with E-state index >= 15 is 4.79 Å². The third kappa shape index (κ3) is 6.11. The summed E-state index contributed by atoms with van der Waals surface area (Å²) in [6.45, 7) is 6.10. The number of piperidine rings is 1. The van der Waals surface area contributed by atoms with Gasteiger partial charge in [0.15, 0.2) is 0 Å². The average molecular weight is 640 g/mol. The van der Waals surface area contributed by atoms with E-state index in [1.807, 2.05) is 7.11 Å². The van der Waals surface area contributed by atoms with Crippen molar-refractivity contribution in [1.29, 1.82) is 0 Å². The van der Waals surface area contributed by atoms with Gasteiger partial charge in [0.1, 0.15) is 0 Å². The van der Waals surface area contributed by atoms with Gasteiger partial charge in [0.05, 0.1) is 30.8 Å². The zero-order valence-electron chi connectivity index (χ0n) is 28.6. The third-order valence-electron chi connectivity index (χ3n) is 13.8. The van der Waals surface area contributed by atoms with Gasteiger partial charge in [-0.1, -0.05) is 25.7 Å². The number of methoxy groups -OCH3 is 1. The first kappa shape index (κ1) is 33.0. The monoisotopic (exact) mass is 639 g/mol. The molecule has 0 aromatic rings. The molecule has 4 aliphatic carbocycles.